The monoisotopic (exact) mass is 317 g/mol. The Kier molecular flexibility index (Phi) is 4.35. The molecule has 1 aromatic carbocycles. The molecule has 2 rings (SSSR count). The molecule has 120 valence electrons. The summed E-state index contributed by atoms with van der Waals surface area (Å²) in [5.41, 5.74) is 14.9. The van der Waals surface area contributed by atoms with Crippen LogP contribution in [0.25, 0.3) is 0 Å². The van der Waals surface area contributed by atoms with E-state index >= 15 is 0 Å². The van der Waals surface area contributed by atoms with Crippen molar-refractivity contribution in [3.05, 3.63) is 34.4 Å². The van der Waals surface area contributed by atoms with E-state index in [0.29, 0.717) is 0 Å². The van der Waals surface area contributed by atoms with Gasteiger partial charge in [-0.05, 0) is 65.6 Å². The molecule has 0 saturated carbocycles. The van der Waals surface area contributed by atoms with Crippen molar-refractivity contribution in [2.24, 2.45) is 10.8 Å². The SMILES string of the molecule is C/C(=N/NC(N)=S)c1cc(C(C)(C)C)cc2c1CCC2(C)C. The first-order valence-electron chi connectivity index (χ1n) is 7.80. The average Bonchev–Trinajstić information content (AvgIpc) is 2.70. The molecule has 0 unspecified atom stereocenters. The summed E-state index contributed by atoms with van der Waals surface area (Å²) >= 11 is 4.84. The maximum atomic E-state index is 5.49. The van der Waals surface area contributed by atoms with E-state index in [1.54, 1.807) is 0 Å². The molecule has 0 bridgehead atoms. The van der Waals surface area contributed by atoms with Crippen LogP contribution in [0.4, 0.5) is 0 Å². The van der Waals surface area contributed by atoms with Crippen molar-refractivity contribution in [3.63, 3.8) is 0 Å². The second-order valence-corrected chi connectivity index (χ2v) is 8.30. The molecule has 1 aliphatic carbocycles. The van der Waals surface area contributed by atoms with Crippen LogP contribution < -0.4 is 11.2 Å². The van der Waals surface area contributed by atoms with Gasteiger partial charge in [-0.1, -0.05) is 40.7 Å². The topological polar surface area (TPSA) is 50.4 Å². The Morgan fingerprint density at radius 1 is 1.32 bits per heavy atom. The highest BCUT2D eigenvalue weighted by molar-refractivity contribution is 7.80. The van der Waals surface area contributed by atoms with Crippen LogP contribution in [0.15, 0.2) is 17.2 Å². The zero-order valence-corrected chi connectivity index (χ0v) is 15.3. The number of thiocarbonyl (C=S) groups is 1. The number of hydrogen-bond acceptors (Lipinski definition) is 2. The molecule has 1 aliphatic rings. The summed E-state index contributed by atoms with van der Waals surface area (Å²) in [7, 11) is 0. The predicted octanol–water partition coefficient (Wildman–Crippen LogP) is 3.77. The lowest BCUT2D eigenvalue weighted by molar-refractivity contribution is 0.519. The van der Waals surface area contributed by atoms with E-state index in [-0.39, 0.29) is 15.9 Å². The highest BCUT2D eigenvalue weighted by atomic mass is 32.1. The molecule has 0 amide bonds. The maximum absolute atomic E-state index is 5.49. The number of fused-ring (bicyclic) bond motifs is 1. The summed E-state index contributed by atoms with van der Waals surface area (Å²) in [5, 5.41) is 4.54. The number of benzene rings is 1. The van der Waals surface area contributed by atoms with Gasteiger partial charge in [-0.2, -0.15) is 5.10 Å². The minimum absolute atomic E-state index is 0.110. The molecule has 3 N–H and O–H groups in total. The van der Waals surface area contributed by atoms with Gasteiger partial charge in [-0.15, -0.1) is 0 Å². The fourth-order valence-electron chi connectivity index (χ4n) is 3.07. The summed E-state index contributed by atoms with van der Waals surface area (Å²) in [4.78, 5) is 0. The minimum atomic E-state index is 0.110. The van der Waals surface area contributed by atoms with Crippen LogP contribution in [0.1, 0.15) is 70.2 Å². The molecule has 22 heavy (non-hydrogen) atoms. The Bertz CT molecular complexity index is 636. The van der Waals surface area contributed by atoms with Crippen molar-refractivity contribution < 1.29 is 0 Å². The zero-order valence-electron chi connectivity index (χ0n) is 14.5. The number of rotatable bonds is 2. The minimum Gasteiger partial charge on any atom is -0.375 e. The van der Waals surface area contributed by atoms with Gasteiger partial charge in [0, 0.05) is 5.56 Å². The second kappa shape index (κ2) is 5.65. The van der Waals surface area contributed by atoms with Gasteiger partial charge in [-0.3, -0.25) is 5.43 Å². The van der Waals surface area contributed by atoms with Crippen LogP contribution in [-0.2, 0) is 17.3 Å². The van der Waals surface area contributed by atoms with Crippen LogP contribution in [0.5, 0.6) is 0 Å². The van der Waals surface area contributed by atoms with Gasteiger partial charge < -0.3 is 5.73 Å². The fraction of sp³-hybridized carbons (Fsp3) is 0.556. The van der Waals surface area contributed by atoms with E-state index < -0.39 is 0 Å². The van der Waals surface area contributed by atoms with E-state index in [1.165, 1.54) is 28.7 Å². The normalized spacial score (nSPS) is 17.3. The van der Waals surface area contributed by atoms with E-state index in [4.69, 9.17) is 18.0 Å². The van der Waals surface area contributed by atoms with Crippen molar-refractivity contribution in [2.75, 3.05) is 0 Å². The van der Waals surface area contributed by atoms with E-state index in [0.717, 1.165) is 12.1 Å². The van der Waals surface area contributed by atoms with Gasteiger partial charge in [0.05, 0.1) is 5.71 Å². The van der Waals surface area contributed by atoms with Crippen molar-refractivity contribution in [1.82, 2.24) is 5.43 Å². The third-order valence-corrected chi connectivity index (χ3v) is 4.66. The van der Waals surface area contributed by atoms with Crippen LogP contribution in [-0.4, -0.2) is 10.8 Å². The summed E-state index contributed by atoms with van der Waals surface area (Å²) in [6, 6.07) is 4.67. The number of nitrogens with one attached hydrogen (secondary N) is 1. The number of hydrazone groups is 1. The summed E-state index contributed by atoms with van der Waals surface area (Å²) < 4.78 is 0. The first-order valence-corrected chi connectivity index (χ1v) is 8.21. The van der Waals surface area contributed by atoms with Crippen LogP contribution >= 0.6 is 12.2 Å². The molecule has 0 aliphatic heterocycles. The Balaban J connectivity index is 2.61. The third kappa shape index (κ3) is 3.32. The highest BCUT2D eigenvalue weighted by Crippen LogP contribution is 2.42. The van der Waals surface area contributed by atoms with Crippen molar-refractivity contribution in [1.29, 1.82) is 0 Å². The molecule has 1 aromatic rings. The molecule has 0 radical (unpaired) electrons. The second-order valence-electron chi connectivity index (χ2n) is 7.86. The predicted molar refractivity (Wildman–Crippen MR) is 98.6 cm³/mol. The lowest BCUT2D eigenvalue weighted by Crippen LogP contribution is -2.25. The average molecular weight is 318 g/mol. The molecule has 0 fully saturated rings. The van der Waals surface area contributed by atoms with Crippen LogP contribution in [0.2, 0.25) is 0 Å². The van der Waals surface area contributed by atoms with E-state index in [1.807, 2.05) is 6.92 Å². The van der Waals surface area contributed by atoms with Crippen LogP contribution in [0.3, 0.4) is 0 Å². The molecule has 0 aromatic heterocycles. The Labute approximate surface area is 139 Å². The van der Waals surface area contributed by atoms with Crippen molar-refractivity contribution >= 4 is 23.0 Å². The molecule has 3 nitrogen and oxygen atoms in total. The number of nitrogens with zero attached hydrogens (tertiary/aromatic N) is 1. The van der Waals surface area contributed by atoms with E-state index in [9.17, 15) is 0 Å². The first kappa shape index (κ1) is 16.9. The van der Waals surface area contributed by atoms with Crippen molar-refractivity contribution in [3.8, 4) is 0 Å². The van der Waals surface area contributed by atoms with Crippen molar-refractivity contribution in [2.45, 2.75) is 65.2 Å². The Morgan fingerprint density at radius 2 is 1.95 bits per heavy atom. The summed E-state index contributed by atoms with van der Waals surface area (Å²) in [6.45, 7) is 13.4. The molecular formula is C18H27N3S. The lowest BCUT2D eigenvalue weighted by Gasteiger charge is -2.26. The molecular weight excluding hydrogens is 290 g/mol. The zero-order chi connectivity index (χ0) is 16.7. The largest absolute Gasteiger partial charge is 0.375 e. The van der Waals surface area contributed by atoms with Gasteiger partial charge >= 0.3 is 0 Å². The first-order chi connectivity index (χ1) is 10.0. The Morgan fingerprint density at radius 3 is 2.50 bits per heavy atom. The third-order valence-electron chi connectivity index (χ3n) is 4.57. The van der Waals surface area contributed by atoms with Gasteiger partial charge in [0.2, 0.25) is 0 Å². The molecule has 0 atom stereocenters. The molecule has 0 spiro atoms. The van der Waals surface area contributed by atoms with Gasteiger partial charge in [0.15, 0.2) is 5.11 Å². The van der Waals surface area contributed by atoms with Gasteiger partial charge in [-0.25, -0.2) is 0 Å². The van der Waals surface area contributed by atoms with E-state index in [2.05, 4.69) is 57.3 Å². The number of hydrogen-bond donors (Lipinski definition) is 2. The molecule has 0 heterocycles. The standard InChI is InChI=1S/C18H27N3S/c1-11(20-21-16(19)22)14-9-12(17(2,3)4)10-15-13(14)7-8-18(15,5)6/h9-10H,7-8H2,1-6H3,(H3,19,21,22)/b20-11-. The Hall–Kier alpha value is -1.42. The van der Waals surface area contributed by atoms with Gasteiger partial charge in [0.25, 0.3) is 0 Å². The summed E-state index contributed by atoms with van der Waals surface area (Å²) in [5.74, 6) is 0. The maximum Gasteiger partial charge on any atom is 0.184 e. The number of nitrogens with two attached hydrogens (primary N) is 1. The summed E-state index contributed by atoms with van der Waals surface area (Å²) in [6.07, 6.45) is 2.28. The van der Waals surface area contributed by atoms with Crippen LogP contribution in [0, 0.1) is 0 Å². The highest BCUT2D eigenvalue weighted by Gasteiger charge is 2.33. The molecule has 4 heteroatoms. The lowest BCUT2D eigenvalue weighted by atomic mass is 9.79. The van der Waals surface area contributed by atoms with Gasteiger partial charge in [0.1, 0.15) is 0 Å². The smallest absolute Gasteiger partial charge is 0.184 e. The quantitative estimate of drug-likeness (QED) is 0.496. The fourth-order valence-corrected chi connectivity index (χ4v) is 3.12. The molecule has 0 saturated heterocycles.